The van der Waals surface area contributed by atoms with Crippen molar-refractivity contribution in [3.05, 3.63) is 0 Å². The molecule has 0 aliphatic rings. The SMILES string of the molecule is O=C(O)C(CCCCNC(=O)C(F)(F)C(F)(F)F)NC(=O)C(F)(F)C(F)(F)F. The van der Waals surface area contributed by atoms with E-state index in [0.717, 1.165) is 5.32 Å². The summed E-state index contributed by atoms with van der Waals surface area (Å²) in [6, 6.07) is -2.23. The van der Waals surface area contributed by atoms with E-state index < -0.39 is 73.8 Å². The Hall–Kier alpha value is -2.29. The maximum atomic E-state index is 12.7. The van der Waals surface area contributed by atoms with Gasteiger partial charge in [-0.25, -0.2) is 4.79 Å². The van der Waals surface area contributed by atoms with Crippen molar-refractivity contribution in [3.63, 3.8) is 0 Å². The zero-order valence-electron chi connectivity index (χ0n) is 13.4. The highest BCUT2D eigenvalue weighted by molar-refractivity contribution is 5.88. The third-order valence-electron chi connectivity index (χ3n) is 3.09. The molecule has 0 spiro atoms. The molecule has 164 valence electrons. The Morgan fingerprint density at radius 1 is 0.750 bits per heavy atom. The van der Waals surface area contributed by atoms with Crippen LogP contribution in [-0.2, 0) is 14.4 Å². The van der Waals surface area contributed by atoms with Gasteiger partial charge in [-0.3, -0.25) is 9.59 Å². The fourth-order valence-electron chi connectivity index (χ4n) is 1.55. The minimum Gasteiger partial charge on any atom is -0.480 e. The van der Waals surface area contributed by atoms with Crippen LogP contribution in [0.3, 0.4) is 0 Å². The molecule has 0 aromatic carbocycles. The highest BCUT2D eigenvalue weighted by atomic mass is 19.4. The molecule has 1 unspecified atom stereocenters. The largest absolute Gasteiger partial charge is 0.480 e. The molecule has 28 heavy (non-hydrogen) atoms. The molecule has 0 rings (SSSR count). The molecule has 0 aliphatic heterocycles. The molecule has 0 aromatic heterocycles. The summed E-state index contributed by atoms with van der Waals surface area (Å²) in [4.78, 5) is 32.5. The molecular formula is C12H12F10N2O4. The minimum absolute atomic E-state index is 0.449. The van der Waals surface area contributed by atoms with E-state index in [0.29, 0.717) is 0 Å². The monoisotopic (exact) mass is 438 g/mol. The maximum absolute atomic E-state index is 12.7. The third kappa shape index (κ3) is 6.40. The summed E-state index contributed by atoms with van der Waals surface area (Å²) in [6.07, 6.45) is -14.1. The second-order valence-electron chi connectivity index (χ2n) is 5.26. The van der Waals surface area contributed by atoms with Gasteiger partial charge in [0.1, 0.15) is 6.04 Å². The Labute approximate surface area is 149 Å². The number of amides is 2. The first kappa shape index (κ1) is 25.7. The second-order valence-corrected chi connectivity index (χ2v) is 5.26. The summed E-state index contributed by atoms with van der Waals surface area (Å²) in [5.74, 6) is -19.2. The number of rotatable bonds is 9. The standard InChI is InChI=1S/C12H12F10N2O4/c13-9(14,11(17,18)19)7(27)23-4-2-1-3-5(6(25)26)24-8(28)10(15,16)12(20,21)22/h5H,1-4H2,(H,23,27)(H,24,28)(H,25,26). The lowest BCUT2D eigenvalue weighted by atomic mass is 10.1. The minimum atomic E-state index is -6.28. The fourth-order valence-corrected chi connectivity index (χ4v) is 1.55. The van der Waals surface area contributed by atoms with Crippen molar-refractivity contribution in [2.24, 2.45) is 0 Å². The summed E-state index contributed by atoms with van der Waals surface area (Å²) in [7, 11) is 0. The Balaban J connectivity index is 4.60. The molecule has 0 aromatic rings. The second kappa shape index (κ2) is 8.81. The van der Waals surface area contributed by atoms with E-state index in [1.165, 1.54) is 5.32 Å². The van der Waals surface area contributed by atoms with Crippen molar-refractivity contribution in [2.45, 2.75) is 49.5 Å². The highest BCUT2D eigenvalue weighted by Crippen LogP contribution is 2.36. The molecule has 0 saturated carbocycles. The van der Waals surface area contributed by atoms with Crippen molar-refractivity contribution in [3.8, 4) is 0 Å². The number of carbonyl (C=O) groups excluding carboxylic acids is 2. The molecule has 0 fully saturated rings. The van der Waals surface area contributed by atoms with Crippen molar-refractivity contribution in [2.75, 3.05) is 6.54 Å². The first-order chi connectivity index (χ1) is 12.4. The van der Waals surface area contributed by atoms with Crippen molar-refractivity contribution in [1.29, 1.82) is 0 Å². The predicted octanol–water partition coefficient (Wildman–Crippen LogP) is 2.24. The Morgan fingerprint density at radius 3 is 1.57 bits per heavy atom. The topological polar surface area (TPSA) is 95.5 Å². The number of hydrogen-bond acceptors (Lipinski definition) is 3. The lowest BCUT2D eigenvalue weighted by molar-refractivity contribution is -0.270. The van der Waals surface area contributed by atoms with Crippen LogP contribution >= 0.6 is 0 Å². The number of unbranched alkanes of at least 4 members (excludes halogenated alkanes) is 1. The average molecular weight is 438 g/mol. The molecule has 3 N–H and O–H groups in total. The number of hydrogen-bond donors (Lipinski definition) is 3. The fraction of sp³-hybridized carbons (Fsp3) is 0.750. The summed E-state index contributed by atoms with van der Waals surface area (Å²) in [6.45, 7) is -0.816. The van der Waals surface area contributed by atoms with E-state index in [-0.39, 0.29) is 0 Å². The number of aliphatic carboxylic acids is 1. The van der Waals surface area contributed by atoms with Crippen molar-refractivity contribution >= 4 is 17.8 Å². The summed E-state index contributed by atoms with van der Waals surface area (Å²) >= 11 is 0. The van der Waals surface area contributed by atoms with Gasteiger partial charge in [0.15, 0.2) is 0 Å². The van der Waals surface area contributed by atoms with Gasteiger partial charge < -0.3 is 15.7 Å². The van der Waals surface area contributed by atoms with Gasteiger partial charge in [0.25, 0.3) is 5.91 Å². The van der Waals surface area contributed by atoms with Gasteiger partial charge in [-0.1, -0.05) is 0 Å². The normalized spacial score (nSPS) is 14.4. The molecule has 0 bridgehead atoms. The first-order valence-corrected chi connectivity index (χ1v) is 7.06. The van der Waals surface area contributed by atoms with Crippen LogP contribution in [0.2, 0.25) is 0 Å². The third-order valence-corrected chi connectivity index (χ3v) is 3.09. The lowest BCUT2D eigenvalue weighted by Crippen LogP contribution is -2.54. The zero-order chi connectivity index (χ0) is 22.6. The van der Waals surface area contributed by atoms with Crippen LogP contribution < -0.4 is 10.6 Å². The zero-order valence-corrected chi connectivity index (χ0v) is 13.4. The molecule has 0 saturated heterocycles. The van der Waals surface area contributed by atoms with Gasteiger partial charge in [-0.2, -0.15) is 43.9 Å². The average Bonchev–Trinajstić information content (AvgIpc) is 2.50. The van der Waals surface area contributed by atoms with Crippen molar-refractivity contribution in [1.82, 2.24) is 10.6 Å². The summed E-state index contributed by atoms with van der Waals surface area (Å²) < 4.78 is 122. The molecule has 0 radical (unpaired) electrons. The van der Waals surface area contributed by atoms with Gasteiger partial charge in [0.05, 0.1) is 0 Å². The van der Waals surface area contributed by atoms with E-state index in [1.807, 2.05) is 0 Å². The predicted molar refractivity (Wildman–Crippen MR) is 68.4 cm³/mol. The molecular weight excluding hydrogens is 426 g/mol. The van der Waals surface area contributed by atoms with E-state index >= 15 is 0 Å². The highest BCUT2D eigenvalue weighted by Gasteiger charge is 2.64. The van der Waals surface area contributed by atoms with Crippen LogP contribution in [0.25, 0.3) is 0 Å². The van der Waals surface area contributed by atoms with Crippen LogP contribution in [0, 0.1) is 0 Å². The Kier molecular flexibility index (Phi) is 8.09. The Bertz CT molecular complexity index is 588. The van der Waals surface area contributed by atoms with Gasteiger partial charge in [0, 0.05) is 6.54 Å². The number of carboxylic acid groups (broad SMARTS) is 1. The van der Waals surface area contributed by atoms with Crippen LogP contribution in [0.4, 0.5) is 43.9 Å². The number of carboxylic acids is 1. The van der Waals surface area contributed by atoms with E-state index in [2.05, 4.69) is 0 Å². The van der Waals surface area contributed by atoms with E-state index in [9.17, 15) is 58.3 Å². The number of alkyl halides is 10. The molecule has 1 atom stereocenters. The smallest absolute Gasteiger partial charge is 0.463 e. The molecule has 0 aliphatic carbocycles. The first-order valence-electron chi connectivity index (χ1n) is 7.06. The van der Waals surface area contributed by atoms with Gasteiger partial charge in [0.2, 0.25) is 0 Å². The van der Waals surface area contributed by atoms with Gasteiger partial charge in [-0.05, 0) is 19.3 Å². The van der Waals surface area contributed by atoms with Gasteiger partial charge in [-0.15, -0.1) is 0 Å². The summed E-state index contributed by atoms with van der Waals surface area (Å²) in [5.41, 5.74) is 0. The molecule has 6 nitrogen and oxygen atoms in total. The number of halogens is 10. The van der Waals surface area contributed by atoms with Crippen LogP contribution in [0.15, 0.2) is 0 Å². The van der Waals surface area contributed by atoms with Crippen LogP contribution in [-0.4, -0.2) is 59.7 Å². The molecule has 16 heteroatoms. The molecule has 0 heterocycles. The van der Waals surface area contributed by atoms with Crippen LogP contribution in [0.1, 0.15) is 19.3 Å². The lowest BCUT2D eigenvalue weighted by Gasteiger charge is -2.21. The summed E-state index contributed by atoms with van der Waals surface area (Å²) in [5, 5.41) is 10.8. The number of carbonyl (C=O) groups is 3. The maximum Gasteiger partial charge on any atom is 0.463 e. The van der Waals surface area contributed by atoms with E-state index in [1.54, 1.807) is 0 Å². The molecule has 2 amide bonds. The number of nitrogens with one attached hydrogen (secondary N) is 2. The Morgan fingerprint density at radius 2 is 1.18 bits per heavy atom. The van der Waals surface area contributed by atoms with Gasteiger partial charge >= 0.3 is 36.1 Å². The van der Waals surface area contributed by atoms with Crippen LogP contribution in [0.5, 0.6) is 0 Å². The quantitative estimate of drug-likeness (QED) is 0.380. The van der Waals surface area contributed by atoms with E-state index in [4.69, 9.17) is 5.11 Å². The van der Waals surface area contributed by atoms with Crippen molar-refractivity contribution < 1.29 is 63.4 Å².